The SMILES string of the molecule is COc1cc(C2C3=CCC4C(=O)N(c5ccc([N+](=O)[O-])cc5)C(=O)C4C3CC3=C2C(=O)C=C(C)C3=O)cc(OC)c1O. The van der Waals surface area contributed by atoms with Crippen molar-refractivity contribution in [2.75, 3.05) is 19.1 Å². The van der Waals surface area contributed by atoms with Crippen molar-refractivity contribution in [2.24, 2.45) is 17.8 Å². The number of nitro benzene ring substituents is 1. The number of nitrogens with zero attached hydrogens (tertiary/aromatic N) is 2. The van der Waals surface area contributed by atoms with Crippen LogP contribution in [0.25, 0.3) is 0 Å². The zero-order valence-electron chi connectivity index (χ0n) is 23.0. The largest absolute Gasteiger partial charge is 0.502 e. The Labute approximate surface area is 239 Å². The molecule has 214 valence electrons. The highest BCUT2D eigenvalue weighted by Crippen LogP contribution is 2.56. The van der Waals surface area contributed by atoms with Gasteiger partial charge in [-0.1, -0.05) is 11.6 Å². The van der Waals surface area contributed by atoms with Crippen LogP contribution in [0.1, 0.15) is 31.2 Å². The van der Waals surface area contributed by atoms with Crippen molar-refractivity contribution >= 4 is 34.8 Å². The molecule has 0 spiro atoms. The zero-order chi connectivity index (χ0) is 30.0. The molecule has 1 fully saturated rings. The van der Waals surface area contributed by atoms with E-state index in [2.05, 4.69) is 0 Å². The van der Waals surface area contributed by atoms with Crippen molar-refractivity contribution in [1.82, 2.24) is 0 Å². The van der Waals surface area contributed by atoms with E-state index in [1.165, 1.54) is 44.6 Å². The number of rotatable bonds is 5. The molecule has 4 atom stereocenters. The molecule has 1 heterocycles. The summed E-state index contributed by atoms with van der Waals surface area (Å²) in [6.45, 7) is 1.57. The molecule has 11 nitrogen and oxygen atoms in total. The maximum atomic E-state index is 14.0. The fraction of sp³-hybridized carbons (Fsp3) is 0.290. The van der Waals surface area contributed by atoms with Gasteiger partial charge in [-0.3, -0.25) is 34.2 Å². The topological polar surface area (TPSA) is 153 Å². The van der Waals surface area contributed by atoms with Crippen molar-refractivity contribution < 1.29 is 38.7 Å². The van der Waals surface area contributed by atoms with Crippen LogP contribution < -0.4 is 14.4 Å². The van der Waals surface area contributed by atoms with E-state index in [9.17, 15) is 34.4 Å². The van der Waals surface area contributed by atoms with Crippen molar-refractivity contribution in [3.05, 3.63) is 86.5 Å². The molecule has 4 aliphatic rings. The Morgan fingerprint density at radius 1 is 0.976 bits per heavy atom. The molecule has 3 aliphatic carbocycles. The molecule has 1 saturated heterocycles. The average molecular weight is 571 g/mol. The molecular weight excluding hydrogens is 544 g/mol. The monoisotopic (exact) mass is 570 g/mol. The van der Waals surface area contributed by atoms with Gasteiger partial charge in [0.1, 0.15) is 0 Å². The molecule has 11 heteroatoms. The van der Waals surface area contributed by atoms with Gasteiger partial charge in [0.05, 0.1) is 36.7 Å². The molecule has 42 heavy (non-hydrogen) atoms. The predicted octanol–water partition coefficient (Wildman–Crippen LogP) is 3.95. The number of hydrogen-bond acceptors (Lipinski definition) is 9. The standard InChI is InChI=1S/C31H26N2O9/c1-14-10-22(34)27-21(28(14)35)13-20-18(25(27)15-11-23(41-2)29(36)24(12-15)42-3)8-9-19-26(20)31(38)32(30(19)37)16-4-6-17(7-5-16)33(39)40/h4-8,10-12,19-20,25-26,36H,9,13H2,1-3H3. The van der Waals surface area contributed by atoms with Crippen LogP contribution in [0.3, 0.4) is 0 Å². The lowest BCUT2D eigenvalue weighted by Gasteiger charge is -2.42. The van der Waals surface area contributed by atoms with Gasteiger partial charge < -0.3 is 14.6 Å². The quantitative estimate of drug-likeness (QED) is 0.185. The number of benzene rings is 2. The van der Waals surface area contributed by atoms with E-state index in [1.807, 2.05) is 6.08 Å². The molecule has 2 aromatic carbocycles. The third kappa shape index (κ3) is 3.87. The number of carbonyl (C=O) groups excluding carboxylic acids is 4. The van der Waals surface area contributed by atoms with Gasteiger partial charge in [0.15, 0.2) is 23.1 Å². The lowest BCUT2D eigenvalue weighted by molar-refractivity contribution is -0.384. The highest BCUT2D eigenvalue weighted by Gasteiger charge is 2.56. The smallest absolute Gasteiger partial charge is 0.269 e. The molecule has 1 aliphatic heterocycles. The van der Waals surface area contributed by atoms with Gasteiger partial charge in [-0.2, -0.15) is 0 Å². The lowest BCUT2D eigenvalue weighted by Crippen LogP contribution is -2.39. The Kier molecular flexibility index (Phi) is 6.32. The Bertz CT molecular complexity index is 1670. The van der Waals surface area contributed by atoms with E-state index >= 15 is 0 Å². The number of amides is 2. The van der Waals surface area contributed by atoms with Crippen LogP contribution in [-0.4, -0.2) is 47.6 Å². The minimum atomic E-state index is -0.806. The number of aromatic hydroxyl groups is 1. The predicted molar refractivity (Wildman–Crippen MR) is 148 cm³/mol. The molecule has 0 radical (unpaired) electrons. The first-order chi connectivity index (χ1) is 20.1. The first-order valence-electron chi connectivity index (χ1n) is 13.3. The molecule has 2 aromatic rings. The maximum absolute atomic E-state index is 14.0. The molecule has 6 rings (SSSR count). The molecule has 2 amide bonds. The second kappa shape index (κ2) is 9.79. The Morgan fingerprint density at radius 2 is 1.62 bits per heavy atom. The number of non-ortho nitro benzene ring substituents is 1. The van der Waals surface area contributed by atoms with Crippen molar-refractivity contribution in [1.29, 1.82) is 0 Å². The summed E-state index contributed by atoms with van der Waals surface area (Å²) in [6.07, 6.45) is 3.52. The summed E-state index contributed by atoms with van der Waals surface area (Å²) < 4.78 is 10.7. The van der Waals surface area contributed by atoms with Gasteiger partial charge in [0.25, 0.3) is 5.69 Å². The Balaban J connectivity index is 1.48. The van der Waals surface area contributed by atoms with E-state index in [4.69, 9.17) is 9.47 Å². The number of Topliss-reactive ketones (excluding diaryl/α,β-unsaturated/α-hetero) is 1. The van der Waals surface area contributed by atoms with Gasteiger partial charge >= 0.3 is 0 Å². The summed E-state index contributed by atoms with van der Waals surface area (Å²) in [5.41, 5.74) is 2.21. The number of imide groups is 1. The lowest BCUT2D eigenvalue weighted by atomic mass is 9.59. The van der Waals surface area contributed by atoms with E-state index in [0.29, 0.717) is 22.3 Å². The van der Waals surface area contributed by atoms with Crippen LogP contribution in [0.15, 0.2) is 70.8 Å². The number of phenolic OH excluding ortho intramolecular Hbond substituents is 1. The number of ether oxygens (including phenoxy) is 2. The van der Waals surface area contributed by atoms with Crippen LogP contribution >= 0.6 is 0 Å². The Morgan fingerprint density at radius 3 is 2.21 bits per heavy atom. The molecular formula is C31H26N2O9. The maximum Gasteiger partial charge on any atom is 0.269 e. The number of hydrogen-bond donors (Lipinski definition) is 1. The van der Waals surface area contributed by atoms with Crippen LogP contribution in [-0.2, 0) is 19.2 Å². The van der Waals surface area contributed by atoms with Gasteiger partial charge in [0, 0.05) is 34.8 Å². The van der Waals surface area contributed by atoms with Crippen LogP contribution in [0.4, 0.5) is 11.4 Å². The van der Waals surface area contributed by atoms with E-state index in [0.717, 1.165) is 10.5 Å². The van der Waals surface area contributed by atoms with Gasteiger partial charge in [0.2, 0.25) is 17.6 Å². The van der Waals surface area contributed by atoms with E-state index < -0.39 is 40.4 Å². The first kappa shape index (κ1) is 27.1. The number of allylic oxidation sites excluding steroid dienone is 6. The third-order valence-corrected chi connectivity index (χ3v) is 8.72. The van der Waals surface area contributed by atoms with E-state index in [-0.39, 0.29) is 53.0 Å². The number of anilines is 1. The van der Waals surface area contributed by atoms with Crippen molar-refractivity contribution in [3.63, 3.8) is 0 Å². The number of methoxy groups -OCH3 is 2. The van der Waals surface area contributed by atoms with Crippen molar-refractivity contribution in [3.8, 4) is 17.2 Å². The average Bonchev–Trinajstić information content (AvgIpc) is 3.24. The van der Waals surface area contributed by atoms with Crippen LogP contribution in [0, 0.1) is 27.9 Å². The number of ketones is 2. The fourth-order valence-electron chi connectivity index (χ4n) is 6.82. The molecule has 0 bridgehead atoms. The second-order valence-electron chi connectivity index (χ2n) is 10.8. The van der Waals surface area contributed by atoms with Crippen molar-refractivity contribution in [2.45, 2.75) is 25.7 Å². The second-order valence-corrected chi connectivity index (χ2v) is 10.8. The fourth-order valence-corrected chi connectivity index (χ4v) is 6.82. The number of fused-ring (bicyclic) bond motifs is 3. The van der Waals surface area contributed by atoms with Crippen LogP contribution in [0.2, 0.25) is 0 Å². The van der Waals surface area contributed by atoms with Gasteiger partial charge in [-0.05, 0) is 61.6 Å². The zero-order valence-corrected chi connectivity index (χ0v) is 23.0. The molecule has 1 N–H and O–H groups in total. The summed E-state index contributed by atoms with van der Waals surface area (Å²) >= 11 is 0. The minimum Gasteiger partial charge on any atom is -0.502 e. The number of phenols is 1. The number of carbonyl (C=O) groups is 4. The number of nitro groups is 1. The highest BCUT2D eigenvalue weighted by molar-refractivity contribution is 6.25. The Hall–Kier alpha value is -5.06. The highest BCUT2D eigenvalue weighted by atomic mass is 16.6. The summed E-state index contributed by atoms with van der Waals surface area (Å²) in [4.78, 5) is 66.1. The molecule has 0 saturated carbocycles. The summed E-state index contributed by atoms with van der Waals surface area (Å²) in [5.74, 6) is -4.31. The summed E-state index contributed by atoms with van der Waals surface area (Å²) in [5, 5.41) is 21.7. The molecule has 0 aromatic heterocycles. The van der Waals surface area contributed by atoms with Gasteiger partial charge in [-0.15, -0.1) is 0 Å². The normalized spacial score (nSPS) is 25.0. The van der Waals surface area contributed by atoms with Crippen LogP contribution in [0.5, 0.6) is 17.2 Å². The summed E-state index contributed by atoms with van der Waals surface area (Å²) in [6, 6.07) is 8.38. The van der Waals surface area contributed by atoms with Gasteiger partial charge in [-0.25, -0.2) is 0 Å². The van der Waals surface area contributed by atoms with E-state index in [1.54, 1.807) is 19.1 Å². The minimum absolute atomic E-state index is 0.105. The first-order valence-corrected chi connectivity index (χ1v) is 13.3. The third-order valence-electron chi connectivity index (χ3n) is 8.72. The summed E-state index contributed by atoms with van der Waals surface area (Å²) in [7, 11) is 2.77. The molecule has 4 unspecified atom stereocenters.